The second-order valence-corrected chi connectivity index (χ2v) is 9.03. The van der Waals surface area contributed by atoms with E-state index in [-0.39, 0.29) is 35.4 Å². The molecule has 0 aliphatic carbocycles. The molecule has 5 heterocycles. The van der Waals surface area contributed by atoms with E-state index in [1.807, 2.05) is 31.2 Å². The van der Waals surface area contributed by atoms with Crippen molar-refractivity contribution in [2.75, 3.05) is 18.0 Å². The van der Waals surface area contributed by atoms with Gasteiger partial charge >= 0.3 is 5.69 Å². The molecule has 0 bridgehead atoms. The number of para-hydroxylation sites is 1. The van der Waals surface area contributed by atoms with E-state index in [9.17, 15) is 19.7 Å². The molecular formula is C24H23N5O6. The van der Waals surface area contributed by atoms with Crippen LogP contribution in [0.5, 0.6) is 0 Å². The fourth-order valence-corrected chi connectivity index (χ4v) is 6.08. The van der Waals surface area contributed by atoms with Crippen LogP contribution in [0.15, 0.2) is 51.6 Å². The normalized spacial score (nSPS) is 25.7. The van der Waals surface area contributed by atoms with Crippen molar-refractivity contribution in [1.82, 2.24) is 15.2 Å². The highest BCUT2D eigenvalue weighted by atomic mass is 16.6. The second kappa shape index (κ2) is 7.51. The Morgan fingerprint density at radius 2 is 2.03 bits per heavy atom. The molecule has 11 nitrogen and oxygen atoms in total. The summed E-state index contributed by atoms with van der Waals surface area (Å²) in [6, 6.07) is 10.1. The largest absolute Gasteiger partial charge is 0.468 e. The number of aromatic nitrogens is 1. The van der Waals surface area contributed by atoms with E-state index in [4.69, 9.17) is 8.94 Å². The minimum absolute atomic E-state index is 0.0439. The van der Waals surface area contributed by atoms with Gasteiger partial charge in [-0.25, -0.2) is 5.01 Å². The minimum Gasteiger partial charge on any atom is -0.468 e. The number of furan rings is 1. The number of amides is 2. The number of aryl methyl sites for hydroxylation is 1. The van der Waals surface area contributed by atoms with E-state index < -0.39 is 22.4 Å². The number of hydrogen-bond acceptors (Lipinski definition) is 8. The summed E-state index contributed by atoms with van der Waals surface area (Å²) in [6.45, 7) is 4.24. The molecule has 1 aromatic carbocycles. The van der Waals surface area contributed by atoms with Crippen molar-refractivity contribution in [2.45, 2.75) is 44.2 Å². The van der Waals surface area contributed by atoms with Gasteiger partial charge in [-0.05, 0) is 31.5 Å². The van der Waals surface area contributed by atoms with Gasteiger partial charge in [0.25, 0.3) is 5.91 Å². The summed E-state index contributed by atoms with van der Waals surface area (Å²) in [4.78, 5) is 41.2. The molecule has 3 aliphatic heterocycles. The topological polar surface area (TPSA) is 126 Å². The van der Waals surface area contributed by atoms with E-state index in [2.05, 4.69) is 5.16 Å². The Kier molecular flexibility index (Phi) is 4.62. The zero-order chi connectivity index (χ0) is 24.5. The van der Waals surface area contributed by atoms with Gasteiger partial charge in [0.1, 0.15) is 11.8 Å². The first-order valence-corrected chi connectivity index (χ1v) is 11.6. The number of carbonyl (C=O) groups is 2. The highest BCUT2D eigenvalue weighted by molar-refractivity contribution is 6.10. The summed E-state index contributed by atoms with van der Waals surface area (Å²) in [5.74, 6) is -1.07. The monoisotopic (exact) mass is 477 g/mol. The quantitative estimate of drug-likeness (QED) is 0.404. The van der Waals surface area contributed by atoms with Crippen molar-refractivity contribution in [3.63, 3.8) is 0 Å². The molecule has 0 radical (unpaired) electrons. The van der Waals surface area contributed by atoms with Crippen LogP contribution in [0.1, 0.15) is 54.5 Å². The molecule has 1 spiro atoms. The van der Waals surface area contributed by atoms with Crippen LogP contribution in [0.25, 0.3) is 0 Å². The van der Waals surface area contributed by atoms with E-state index in [1.54, 1.807) is 22.0 Å². The number of nitrogens with zero attached hydrogens (tertiary/aromatic N) is 5. The number of anilines is 1. The zero-order valence-corrected chi connectivity index (χ0v) is 19.2. The lowest BCUT2D eigenvalue weighted by atomic mass is 9.73. The number of nitro groups is 1. The van der Waals surface area contributed by atoms with Crippen LogP contribution in [0.2, 0.25) is 0 Å². The smallest absolute Gasteiger partial charge is 0.334 e. The summed E-state index contributed by atoms with van der Waals surface area (Å²) in [5, 5.41) is 19.4. The van der Waals surface area contributed by atoms with Crippen molar-refractivity contribution >= 4 is 23.2 Å². The molecule has 2 saturated heterocycles. The molecule has 11 heteroatoms. The fraction of sp³-hybridized carbons (Fsp3) is 0.375. The van der Waals surface area contributed by atoms with Crippen LogP contribution in [-0.2, 0) is 15.1 Å². The lowest BCUT2D eigenvalue weighted by Gasteiger charge is -2.35. The van der Waals surface area contributed by atoms with Crippen LogP contribution >= 0.6 is 0 Å². The van der Waals surface area contributed by atoms with E-state index in [0.717, 1.165) is 0 Å². The molecule has 35 heavy (non-hydrogen) atoms. The minimum atomic E-state index is -1.58. The van der Waals surface area contributed by atoms with E-state index >= 15 is 0 Å². The van der Waals surface area contributed by atoms with E-state index in [1.165, 1.54) is 18.2 Å². The molecule has 180 valence electrons. The Morgan fingerprint density at radius 1 is 1.23 bits per heavy atom. The van der Waals surface area contributed by atoms with E-state index in [0.29, 0.717) is 36.5 Å². The molecule has 3 aromatic rings. The number of hydrogen-bond donors (Lipinski definition) is 0. The van der Waals surface area contributed by atoms with Gasteiger partial charge < -0.3 is 13.8 Å². The maximum absolute atomic E-state index is 14.5. The van der Waals surface area contributed by atoms with Gasteiger partial charge in [-0.15, -0.1) is 0 Å². The Bertz CT molecular complexity index is 1350. The zero-order valence-electron chi connectivity index (χ0n) is 19.2. The molecule has 2 amide bonds. The molecular weight excluding hydrogens is 454 g/mol. The maximum Gasteiger partial charge on any atom is 0.334 e. The maximum atomic E-state index is 14.5. The van der Waals surface area contributed by atoms with Crippen LogP contribution in [0.4, 0.5) is 11.4 Å². The first kappa shape index (κ1) is 21.5. The lowest BCUT2D eigenvalue weighted by Crippen LogP contribution is -2.54. The SMILES string of the molecule is CCCN1C(=O)C2(c3ccccc31)C(c1onc(C)c1[N+](=O)[O-])C(c1ccco1)N1CCC(=O)N12. The second-order valence-electron chi connectivity index (χ2n) is 9.03. The van der Waals surface area contributed by atoms with Crippen LogP contribution in [0, 0.1) is 17.0 Å². The third-order valence-electron chi connectivity index (χ3n) is 7.25. The Hall–Kier alpha value is -3.99. The third-order valence-corrected chi connectivity index (χ3v) is 7.25. The Balaban J connectivity index is 1.71. The third kappa shape index (κ3) is 2.61. The fourth-order valence-electron chi connectivity index (χ4n) is 6.08. The summed E-state index contributed by atoms with van der Waals surface area (Å²) < 4.78 is 11.4. The van der Waals surface area contributed by atoms with Gasteiger partial charge in [0.2, 0.25) is 11.7 Å². The number of rotatable bonds is 5. The number of carbonyl (C=O) groups excluding carboxylic acids is 2. The lowest BCUT2D eigenvalue weighted by molar-refractivity contribution is -0.386. The first-order valence-electron chi connectivity index (χ1n) is 11.6. The predicted molar refractivity (Wildman–Crippen MR) is 121 cm³/mol. The van der Waals surface area contributed by atoms with Crippen molar-refractivity contribution < 1.29 is 23.5 Å². The predicted octanol–water partition coefficient (Wildman–Crippen LogP) is 3.42. The Labute approximate surface area is 200 Å². The highest BCUT2D eigenvalue weighted by Gasteiger charge is 2.73. The highest BCUT2D eigenvalue weighted by Crippen LogP contribution is 2.64. The molecule has 0 N–H and O–H groups in total. The van der Waals surface area contributed by atoms with Crippen LogP contribution < -0.4 is 4.90 Å². The van der Waals surface area contributed by atoms with Crippen molar-refractivity contribution in [2.24, 2.45) is 0 Å². The summed E-state index contributed by atoms with van der Waals surface area (Å²) in [5.41, 5.74) is -0.465. The molecule has 3 unspecified atom stereocenters. The average Bonchev–Trinajstić information content (AvgIpc) is 3.63. The standard InChI is InChI=1S/C24H23N5O6/c1-3-11-26-16-8-5-4-7-15(16)24(23(26)31)19(22-20(29(32)33)14(2)25-35-22)21(17-9-6-13-34-17)27-12-10-18(30)28(24)27/h4-9,13,19,21H,3,10-12H2,1-2H3. The molecule has 0 saturated carbocycles. The van der Waals surface area contributed by atoms with Crippen LogP contribution in [-0.4, -0.2) is 45.0 Å². The number of hydrazine groups is 1. The summed E-state index contributed by atoms with van der Waals surface area (Å²) in [6.07, 6.45) is 2.42. The number of fused-ring (bicyclic) bond motifs is 4. The number of benzene rings is 1. The summed E-state index contributed by atoms with van der Waals surface area (Å²) >= 11 is 0. The first-order chi connectivity index (χ1) is 16.9. The van der Waals surface area contributed by atoms with Gasteiger partial charge in [-0.1, -0.05) is 30.3 Å². The summed E-state index contributed by atoms with van der Waals surface area (Å²) in [7, 11) is 0. The molecule has 3 atom stereocenters. The average molecular weight is 477 g/mol. The van der Waals surface area contributed by atoms with Crippen molar-refractivity contribution in [1.29, 1.82) is 0 Å². The molecule has 2 fully saturated rings. The van der Waals surface area contributed by atoms with Crippen molar-refractivity contribution in [3.05, 3.63) is 75.6 Å². The van der Waals surface area contributed by atoms with Gasteiger partial charge in [-0.2, -0.15) is 0 Å². The molecule has 6 rings (SSSR count). The van der Waals surface area contributed by atoms with Crippen LogP contribution in [0.3, 0.4) is 0 Å². The van der Waals surface area contributed by atoms with Gasteiger partial charge in [-0.3, -0.25) is 24.7 Å². The van der Waals surface area contributed by atoms with Crippen molar-refractivity contribution in [3.8, 4) is 0 Å². The van der Waals surface area contributed by atoms with Gasteiger partial charge in [0.15, 0.2) is 11.2 Å². The van der Waals surface area contributed by atoms with Gasteiger partial charge in [0, 0.05) is 30.8 Å². The molecule has 3 aliphatic rings. The van der Waals surface area contributed by atoms with Gasteiger partial charge in [0.05, 0.1) is 17.1 Å². The Morgan fingerprint density at radius 3 is 2.74 bits per heavy atom. The molecule has 2 aromatic heterocycles.